The highest BCUT2D eigenvalue weighted by Gasteiger charge is 2.20. The number of aromatic nitrogens is 3. The molecule has 0 fully saturated rings. The Balaban J connectivity index is 2.44. The van der Waals surface area contributed by atoms with E-state index in [-0.39, 0.29) is 6.04 Å². The molecule has 0 amide bonds. The average Bonchev–Trinajstić information content (AvgIpc) is 2.74. The number of halogens is 1. The lowest BCUT2D eigenvalue weighted by atomic mass is 10.0. The second-order valence-electron chi connectivity index (χ2n) is 4.62. The van der Waals surface area contributed by atoms with Gasteiger partial charge in [-0.25, -0.2) is 0 Å². The largest absolute Gasteiger partial charge is 0.308 e. The zero-order valence-corrected chi connectivity index (χ0v) is 12.3. The van der Waals surface area contributed by atoms with E-state index in [0.717, 1.165) is 29.8 Å². The van der Waals surface area contributed by atoms with Crippen molar-refractivity contribution in [2.75, 3.05) is 7.05 Å². The van der Waals surface area contributed by atoms with Crippen LogP contribution in [0.15, 0.2) is 24.7 Å². The zero-order valence-electron chi connectivity index (χ0n) is 11.5. The van der Waals surface area contributed by atoms with Crippen LogP contribution in [0.3, 0.4) is 0 Å². The predicted molar refractivity (Wildman–Crippen MR) is 77.4 cm³/mol. The highest BCUT2D eigenvalue weighted by Crippen LogP contribution is 2.28. The quantitative estimate of drug-likeness (QED) is 0.914. The van der Waals surface area contributed by atoms with E-state index in [1.165, 1.54) is 0 Å². The minimum absolute atomic E-state index is 0.00829. The van der Waals surface area contributed by atoms with Crippen molar-refractivity contribution in [3.8, 4) is 0 Å². The molecular formula is C14H19ClN4. The van der Waals surface area contributed by atoms with Crippen molar-refractivity contribution in [2.24, 2.45) is 0 Å². The Bertz CT molecular complexity index is 550. The second kappa shape index (κ2) is 6.17. The normalized spacial score (nSPS) is 12.6. The molecule has 19 heavy (non-hydrogen) atoms. The van der Waals surface area contributed by atoms with Gasteiger partial charge in [0.25, 0.3) is 0 Å². The molecule has 1 atom stereocenters. The van der Waals surface area contributed by atoms with E-state index in [9.17, 15) is 0 Å². The highest BCUT2D eigenvalue weighted by atomic mass is 35.5. The van der Waals surface area contributed by atoms with Gasteiger partial charge in [-0.2, -0.15) is 5.10 Å². The summed E-state index contributed by atoms with van der Waals surface area (Å²) in [4.78, 5) is 4.26. The number of hydrogen-bond donors (Lipinski definition) is 1. The lowest BCUT2D eigenvalue weighted by Gasteiger charge is -2.19. The molecule has 0 aromatic carbocycles. The number of pyridine rings is 1. The summed E-state index contributed by atoms with van der Waals surface area (Å²) in [5.74, 6) is 0. The average molecular weight is 279 g/mol. The molecule has 0 aliphatic carbocycles. The van der Waals surface area contributed by atoms with Gasteiger partial charge in [0.2, 0.25) is 0 Å². The van der Waals surface area contributed by atoms with Crippen LogP contribution in [-0.2, 0) is 6.54 Å². The van der Waals surface area contributed by atoms with Crippen molar-refractivity contribution in [3.05, 3.63) is 46.5 Å². The fraction of sp³-hybridized carbons (Fsp3) is 0.429. The molecule has 0 spiro atoms. The van der Waals surface area contributed by atoms with E-state index in [2.05, 4.69) is 28.4 Å². The van der Waals surface area contributed by atoms with Crippen molar-refractivity contribution >= 4 is 11.6 Å². The van der Waals surface area contributed by atoms with Gasteiger partial charge in [0.1, 0.15) is 0 Å². The van der Waals surface area contributed by atoms with E-state index in [4.69, 9.17) is 11.6 Å². The molecule has 5 heteroatoms. The van der Waals surface area contributed by atoms with Crippen LogP contribution in [-0.4, -0.2) is 21.8 Å². The van der Waals surface area contributed by atoms with Crippen molar-refractivity contribution in [1.29, 1.82) is 0 Å². The van der Waals surface area contributed by atoms with Crippen LogP contribution in [0.1, 0.15) is 36.2 Å². The maximum Gasteiger partial charge on any atom is 0.0837 e. The van der Waals surface area contributed by atoms with Gasteiger partial charge >= 0.3 is 0 Å². The van der Waals surface area contributed by atoms with Gasteiger partial charge in [0, 0.05) is 18.9 Å². The summed E-state index contributed by atoms with van der Waals surface area (Å²) in [5, 5.41) is 8.34. The first-order valence-electron chi connectivity index (χ1n) is 6.47. The Morgan fingerprint density at radius 1 is 1.37 bits per heavy atom. The fourth-order valence-corrected chi connectivity index (χ4v) is 2.50. The molecule has 0 radical (unpaired) electrons. The van der Waals surface area contributed by atoms with E-state index in [1.807, 2.05) is 31.0 Å². The van der Waals surface area contributed by atoms with E-state index < -0.39 is 0 Å². The van der Waals surface area contributed by atoms with Crippen LogP contribution < -0.4 is 5.32 Å². The van der Waals surface area contributed by atoms with Crippen LogP contribution in [0.5, 0.6) is 0 Å². The molecule has 4 nitrogen and oxygen atoms in total. The van der Waals surface area contributed by atoms with Crippen molar-refractivity contribution in [2.45, 2.75) is 32.9 Å². The molecule has 1 N–H and O–H groups in total. The predicted octanol–water partition coefficient (Wildman–Crippen LogP) is 2.96. The summed E-state index contributed by atoms with van der Waals surface area (Å²) in [6.45, 7) is 5.02. The van der Waals surface area contributed by atoms with Gasteiger partial charge in [-0.3, -0.25) is 9.67 Å². The summed E-state index contributed by atoms with van der Waals surface area (Å²) in [5.41, 5.74) is 3.23. The third kappa shape index (κ3) is 2.96. The molecule has 0 aliphatic rings. The number of nitrogens with one attached hydrogen (secondary N) is 1. The Kier molecular flexibility index (Phi) is 4.56. The molecule has 2 rings (SSSR count). The topological polar surface area (TPSA) is 42.7 Å². The lowest BCUT2D eigenvalue weighted by Crippen LogP contribution is -2.22. The third-order valence-corrected chi connectivity index (χ3v) is 3.35. The molecular weight excluding hydrogens is 260 g/mol. The van der Waals surface area contributed by atoms with Crippen LogP contribution in [0.25, 0.3) is 0 Å². The third-order valence-electron chi connectivity index (χ3n) is 3.06. The van der Waals surface area contributed by atoms with Gasteiger partial charge in [-0.1, -0.05) is 24.6 Å². The molecule has 2 heterocycles. The Labute approximate surface area is 118 Å². The Hall–Kier alpha value is -1.39. The number of aryl methyl sites for hydroxylation is 2. The minimum Gasteiger partial charge on any atom is -0.308 e. The molecule has 2 aromatic rings. The smallest absolute Gasteiger partial charge is 0.0837 e. The molecule has 102 valence electrons. The number of hydrogen-bond acceptors (Lipinski definition) is 3. The van der Waals surface area contributed by atoms with Gasteiger partial charge in [0.15, 0.2) is 0 Å². The van der Waals surface area contributed by atoms with Crippen molar-refractivity contribution < 1.29 is 0 Å². The van der Waals surface area contributed by atoms with Crippen molar-refractivity contribution in [3.63, 3.8) is 0 Å². The van der Waals surface area contributed by atoms with Gasteiger partial charge < -0.3 is 5.32 Å². The Morgan fingerprint density at radius 3 is 2.79 bits per heavy atom. The molecule has 0 aliphatic heterocycles. The molecule has 0 saturated carbocycles. The molecule has 0 bridgehead atoms. The first kappa shape index (κ1) is 14.0. The SMILES string of the molecule is CCCn1ncc(Cl)c1C(NC)c1cncc(C)c1. The number of nitrogens with zero attached hydrogens (tertiary/aromatic N) is 3. The van der Waals surface area contributed by atoms with Gasteiger partial charge in [-0.05, 0) is 31.5 Å². The molecule has 2 aromatic heterocycles. The molecule has 0 saturated heterocycles. The Morgan fingerprint density at radius 2 is 2.16 bits per heavy atom. The number of rotatable bonds is 5. The van der Waals surface area contributed by atoms with Crippen LogP contribution >= 0.6 is 11.6 Å². The first-order valence-corrected chi connectivity index (χ1v) is 6.85. The van der Waals surface area contributed by atoms with Gasteiger partial charge in [0.05, 0.1) is 23.0 Å². The van der Waals surface area contributed by atoms with Gasteiger partial charge in [-0.15, -0.1) is 0 Å². The van der Waals surface area contributed by atoms with E-state index >= 15 is 0 Å². The van der Waals surface area contributed by atoms with Crippen LogP contribution in [0.4, 0.5) is 0 Å². The maximum absolute atomic E-state index is 6.30. The fourth-order valence-electron chi connectivity index (χ4n) is 2.25. The van der Waals surface area contributed by atoms with E-state index in [1.54, 1.807) is 6.20 Å². The lowest BCUT2D eigenvalue weighted by molar-refractivity contribution is 0.534. The van der Waals surface area contributed by atoms with Crippen LogP contribution in [0.2, 0.25) is 5.02 Å². The summed E-state index contributed by atoms with van der Waals surface area (Å²) in [6.07, 6.45) is 6.45. The maximum atomic E-state index is 6.30. The molecule has 1 unspecified atom stereocenters. The summed E-state index contributed by atoms with van der Waals surface area (Å²) in [7, 11) is 1.92. The summed E-state index contributed by atoms with van der Waals surface area (Å²) < 4.78 is 1.96. The second-order valence-corrected chi connectivity index (χ2v) is 5.03. The van der Waals surface area contributed by atoms with Crippen molar-refractivity contribution in [1.82, 2.24) is 20.1 Å². The highest BCUT2D eigenvalue weighted by molar-refractivity contribution is 6.31. The van der Waals surface area contributed by atoms with E-state index in [0.29, 0.717) is 5.02 Å². The van der Waals surface area contributed by atoms with Crippen LogP contribution in [0, 0.1) is 6.92 Å². The standard InChI is InChI=1S/C14H19ClN4/c1-4-5-19-14(12(15)9-18-19)13(16-3)11-6-10(2)7-17-8-11/h6-9,13,16H,4-5H2,1-3H3. The summed E-state index contributed by atoms with van der Waals surface area (Å²) >= 11 is 6.30. The summed E-state index contributed by atoms with van der Waals surface area (Å²) in [6, 6.07) is 2.13. The monoisotopic (exact) mass is 278 g/mol. The minimum atomic E-state index is 0.00829. The zero-order chi connectivity index (χ0) is 13.8. The first-order chi connectivity index (χ1) is 9.17.